The molecule has 5 heteroatoms. The molecule has 0 saturated carbocycles. The van der Waals surface area contributed by atoms with Crippen molar-refractivity contribution in [3.8, 4) is 0 Å². The summed E-state index contributed by atoms with van der Waals surface area (Å²) in [6.45, 7) is 7.04. The fourth-order valence-electron chi connectivity index (χ4n) is 2.47. The number of benzene rings is 1. The van der Waals surface area contributed by atoms with Gasteiger partial charge in [-0.3, -0.25) is 0 Å². The molecule has 3 aromatic rings. The van der Waals surface area contributed by atoms with Crippen LogP contribution in [0.5, 0.6) is 0 Å². The molecule has 0 amide bonds. The number of hydrogen-bond acceptors (Lipinski definition) is 2. The van der Waals surface area contributed by atoms with Gasteiger partial charge in [0, 0.05) is 14.8 Å². The van der Waals surface area contributed by atoms with E-state index >= 15 is 0 Å². The summed E-state index contributed by atoms with van der Waals surface area (Å²) in [5.41, 5.74) is 3.31. The van der Waals surface area contributed by atoms with Gasteiger partial charge in [0.2, 0.25) is 0 Å². The van der Waals surface area contributed by atoms with Crippen LogP contribution in [0.25, 0.3) is 11.0 Å². The van der Waals surface area contributed by atoms with Crippen molar-refractivity contribution in [1.82, 2.24) is 9.55 Å². The molecule has 0 N–H and O–H groups in total. The van der Waals surface area contributed by atoms with E-state index in [-0.39, 0.29) is 5.38 Å². The first-order chi connectivity index (χ1) is 9.95. The van der Waals surface area contributed by atoms with Gasteiger partial charge in [-0.2, -0.15) is 0 Å². The average Bonchev–Trinajstić information content (AvgIpc) is 2.91. The Balaban J connectivity index is 2.12. The summed E-state index contributed by atoms with van der Waals surface area (Å²) in [5.74, 6) is 0.887. The molecule has 1 aromatic carbocycles. The maximum atomic E-state index is 6.31. The summed E-state index contributed by atoms with van der Waals surface area (Å²) >= 11 is 14.2. The molecular weight excluding hydrogens is 323 g/mol. The predicted molar refractivity (Wildman–Crippen MR) is 91.9 cm³/mol. The molecule has 21 heavy (non-hydrogen) atoms. The summed E-state index contributed by atoms with van der Waals surface area (Å²) in [4.78, 5) is 7.33. The molecule has 2 heterocycles. The molecule has 1 unspecified atom stereocenters. The van der Waals surface area contributed by atoms with Gasteiger partial charge in [0.05, 0.1) is 23.0 Å². The molecule has 1 atom stereocenters. The van der Waals surface area contributed by atoms with Crippen LogP contribution in [0.4, 0.5) is 0 Å². The number of nitrogens with zero attached hydrogens (tertiary/aromatic N) is 2. The number of aryl methyl sites for hydroxylation is 2. The maximum absolute atomic E-state index is 6.31. The Hall–Kier alpha value is -1.03. The van der Waals surface area contributed by atoms with Crippen molar-refractivity contribution in [3.63, 3.8) is 0 Å². The molecule has 0 aliphatic heterocycles. The van der Waals surface area contributed by atoms with E-state index in [9.17, 15) is 0 Å². The largest absolute Gasteiger partial charge is 0.321 e. The topological polar surface area (TPSA) is 17.8 Å². The van der Waals surface area contributed by atoms with Crippen LogP contribution in [-0.4, -0.2) is 9.55 Å². The zero-order valence-corrected chi connectivity index (χ0v) is 14.5. The average molecular weight is 339 g/mol. The maximum Gasteiger partial charge on any atom is 0.128 e. The lowest BCUT2D eigenvalue weighted by molar-refractivity contribution is 0.750. The molecule has 0 radical (unpaired) electrons. The Bertz CT molecular complexity index is 783. The lowest BCUT2D eigenvalue weighted by atomic mass is 10.2. The second kappa shape index (κ2) is 5.64. The second-order valence-electron chi connectivity index (χ2n) is 5.26. The van der Waals surface area contributed by atoms with Crippen molar-refractivity contribution in [2.75, 3.05) is 0 Å². The van der Waals surface area contributed by atoms with E-state index in [1.165, 1.54) is 15.3 Å². The molecule has 0 fully saturated rings. The summed E-state index contributed by atoms with van der Waals surface area (Å²) in [6, 6.07) is 8.04. The number of hydrogen-bond donors (Lipinski definition) is 0. The minimum absolute atomic E-state index is 0.140. The van der Waals surface area contributed by atoms with Crippen LogP contribution < -0.4 is 0 Å². The highest BCUT2D eigenvalue weighted by Crippen LogP contribution is 2.29. The number of imidazole rings is 1. The minimum atomic E-state index is -0.140. The van der Waals surface area contributed by atoms with Gasteiger partial charge in [-0.15, -0.1) is 22.9 Å². The highest BCUT2D eigenvalue weighted by molar-refractivity contribution is 7.12. The van der Waals surface area contributed by atoms with Crippen LogP contribution >= 0.6 is 34.5 Å². The van der Waals surface area contributed by atoms with Crippen LogP contribution in [0.3, 0.4) is 0 Å². The SMILES string of the molecule is Cc1cc(Cn2c(C(C)Cl)nc3cc(Cl)ccc32)sc1C. The second-order valence-corrected chi connectivity index (χ2v) is 7.69. The van der Waals surface area contributed by atoms with Crippen LogP contribution in [0.2, 0.25) is 5.02 Å². The zero-order chi connectivity index (χ0) is 15.1. The molecule has 0 spiro atoms. The third kappa shape index (κ3) is 2.83. The van der Waals surface area contributed by atoms with E-state index in [1.807, 2.05) is 36.5 Å². The third-order valence-corrected chi connectivity index (χ3v) is 5.19. The predicted octanol–water partition coefficient (Wildman–Crippen LogP) is 5.72. The quantitative estimate of drug-likeness (QED) is 0.558. The van der Waals surface area contributed by atoms with E-state index in [2.05, 4.69) is 29.5 Å². The monoisotopic (exact) mass is 338 g/mol. The Morgan fingerprint density at radius 1 is 1.29 bits per heavy atom. The van der Waals surface area contributed by atoms with E-state index in [0.29, 0.717) is 5.02 Å². The summed E-state index contributed by atoms with van der Waals surface area (Å²) in [7, 11) is 0. The summed E-state index contributed by atoms with van der Waals surface area (Å²) < 4.78 is 2.19. The van der Waals surface area contributed by atoms with Crippen LogP contribution in [0.15, 0.2) is 24.3 Å². The molecule has 110 valence electrons. The summed E-state index contributed by atoms with van der Waals surface area (Å²) in [5, 5.41) is 0.557. The first kappa shape index (κ1) is 14.9. The van der Waals surface area contributed by atoms with Gasteiger partial charge in [-0.1, -0.05) is 11.6 Å². The van der Waals surface area contributed by atoms with Gasteiger partial charge in [0.15, 0.2) is 0 Å². The first-order valence-corrected chi connectivity index (χ1v) is 8.44. The van der Waals surface area contributed by atoms with Crippen molar-refractivity contribution in [1.29, 1.82) is 0 Å². The lowest BCUT2D eigenvalue weighted by Gasteiger charge is -2.09. The first-order valence-electron chi connectivity index (χ1n) is 6.81. The van der Waals surface area contributed by atoms with Crippen molar-refractivity contribution in [3.05, 3.63) is 50.4 Å². The smallest absolute Gasteiger partial charge is 0.128 e. The molecule has 3 rings (SSSR count). The van der Waals surface area contributed by atoms with Crippen LogP contribution in [0.1, 0.15) is 33.4 Å². The van der Waals surface area contributed by atoms with Crippen LogP contribution in [0, 0.1) is 13.8 Å². The molecule has 0 saturated heterocycles. The number of alkyl halides is 1. The number of aromatic nitrogens is 2. The van der Waals surface area contributed by atoms with E-state index < -0.39 is 0 Å². The molecule has 2 nitrogen and oxygen atoms in total. The number of rotatable bonds is 3. The van der Waals surface area contributed by atoms with Crippen molar-refractivity contribution in [2.45, 2.75) is 32.7 Å². The Labute approximate surface area is 138 Å². The highest BCUT2D eigenvalue weighted by Gasteiger charge is 2.16. The van der Waals surface area contributed by atoms with Crippen LogP contribution in [-0.2, 0) is 6.54 Å². The van der Waals surface area contributed by atoms with E-state index in [0.717, 1.165) is 23.4 Å². The normalized spacial score (nSPS) is 13.0. The van der Waals surface area contributed by atoms with Gasteiger partial charge in [-0.25, -0.2) is 4.98 Å². The van der Waals surface area contributed by atoms with Gasteiger partial charge < -0.3 is 4.57 Å². The van der Waals surface area contributed by atoms with Gasteiger partial charge in [-0.05, 0) is 50.6 Å². The third-order valence-electron chi connectivity index (χ3n) is 3.63. The molecule has 0 bridgehead atoms. The molecular formula is C16H16Cl2N2S. The number of halogens is 2. The van der Waals surface area contributed by atoms with Crippen molar-refractivity contribution < 1.29 is 0 Å². The summed E-state index contributed by atoms with van der Waals surface area (Å²) in [6.07, 6.45) is 0. The van der Waals surface area contributed by atoms with Crippen molar-refractivity contribution >= 4 is 45.6 Å². The molecule has 0 aliphatic rings. The fraction of sp³-hybridized carbons (Fsp3) is 0.312. The Morgan fingerprint density at radius 2 is 2.05 bits per heavy atom. The van der Waals surface area contributed by atoms with Gasteiger partial charge >= 0.3 is 0 Å². The van der Waals surface area contributed by atoms with Gasteiger partial charge in [0.1, 0.15) is 5.82 Å². The van der Waals surface area contributed by atoms with Gasteiger partial charge in [0.25, 0.3) is 0 Å². The van der Waals surface area contributed by atoms with E-state index in [1.54, 1.807) is 0 Å². The van der Waals surface area contributed by atoms with E-state index in [4.69, 9.17) is 23.2 Å². The van der Waals surface area contributed by atoms with Crippen molar-refractivity contribution in [2.24, 2.45) is 0 Å². The zero-order valence-electron chi connectivity index (χ0n) is 12.2. The standard InChI is InChI=1S/C16H16Cl2N2S/c1-9-6-13(21-11(9)3)8-20-15-5-4-12(18)7-14(15)19-16(20)10(2)17/h4-7,10H,8H2,1-3H3. The molecule has 0 aliphatic carbocycles. The Morgan fingerprint density at radius 3 is 2.67 bits per heavy atom. The number of thiophene rings is 1. The number of fused-ring (bicyclic) bond motifs is 1. The highest BCUT2D eigenvalue weighted by atomic mass is 35.5. The lowest BCUT2D eigenvalue weighted by Crippen LogP contribution is -2.04. The molecule has 2 aromatic heterocycles. The fourth-order valence-corrected chi connectivity index (χ4v) is 3.85. The Kier molecular flexibility index (Phi) is 4.00. The minimum Gasteiger partial charge on any atom is -0.321 e.